The van der Waals surface area contributed by atoms with Crippen molar-refractivity contribution in [1.29, 1.82) is 0 Å². The molecule has 3 aromatic rings. The molecule has 0 atom stereocenters. The van der Waals surface area contributed by atoms with Crippen LogP contribution in [0.5, 0.6) is 0 Å². The fraction of sp³-hybridized carbons (Fsp3) is 0.400. The minimum Gasteiger partial charge on any atom is -0.354 e. The number of aromatic nitrogens is 1. The van der Waals surface area contributed by atoms with E-state index < -0.39 is 0 Å². The minimum atomic E-state index is 1.32. The van der Waals surface area contributed by atoms with Gasteiger partial charge in [0, 0.05) is 21.8 Å². The molecule has 0 aliphatic carbocycles. The molecule has 1 heteroatoms. The maximum Gasteiger partial charge on any atom is 0.0500 e. The average Bonchev–Trinajstić information content (AvgIpc) is 2.87. The molecule has 1 heterocycles. The summed E-state index contributed by atoms with van der Waals surface area (Å²) < 4.78 is 0. The van der Waals surface area contributed by atoms with Crippen LogP contribution in [0.2, 0.25) is 0 Å². The molecule has 0 amide bonds. The van der Waals surface area contributed by atoms with Crippen molar-refractivity contribution in [3.05, 3.63) is 44.5 Å². The Balaban J connectivity index is 2.73. The van der Waals surface area contributed by atoms with Gasteiger partial charge in [-0.05, 0) is 99.9 Å². The number of H-pyrrole nitrogens is 1. The molecule has 1 nitrogen and oxygen atoms in total. The molecule has 0 aliphatic rings. The molecule has 0 bridgehead atoms. The van der Waals surface area contributed by atoms with Crippen LogP contribution in [-0.4, -0.2) is 4.98 Å². The minimum absolute atomic E-state index is 1.32. The first-order chi connectivity index (χ1) is 9.77. The maximum absolute atomic E-state index is 3.73. The van der Waals surface area contributed by atoms with E-state index in [9.17, 15) is 0 Å². The van der Waals surface area contributed by atoms with Gasteiger partial charge in [-0.2, -0.15) is 0 Å². The Morgan fingerprint density at radius 3 is 1.00 bits per heavy atom. The van der Waals surface area contributed by atoms with Crippen LogP contribution >= 0.6 is 0 Å². The van der Waals surface area contributed by atoms with Crippen molar-refractivity contribution < 1.29 is 0 Å². The first-order valence-electron chi connectivity index (χ1n) is 7.75. The van der Waals surface area contributed by atoms with Gasteiger partial charge in [0.05, 0.1) is 0 Å². The quantitative estimate of drug-likeness (QED) is 0.536. The topological polar surface area (TPSA) is 15.8 Å². The van der Waals surface area contributed by atoms with Gasteiger partial charge in [0.1, 0.15) is 0 Å². The van der Waals surface area contributed by atoms with Crippen LogP contribution in [0, 0.1) is 55.4 Å². The van der Waals surface area contributed by atoms with Crippen molar-refractivity contribution >= 4 is 21.8 Å². The van der Waals surface area contributed by atoms with Crippen LogP contribution in [0.4, 0.5) is 0 Å². The molecular weight excluding hydrogens is 254 g/mol. The van der Waals surface area contributed by atoms with Gasteiger partial charge in [-0.1, -0.05) is 0 Å². The van der Waals surface area contributed by atoms with E-state index in [2.05, 4.69) is 60.4 Å². The second-order valence-electron chi connectivity index (χ2n) is 6.62. The van der Waals surface area contributed by atoms with Crippen molar-refractivity contribution in [1.82, 2.24) is 4.98 Å². The predicted molar refractivity (Wildman–Crippen MR) is 93.7 cm³/mol. The highest BCUT2D eigenvalue weighted by Crippen LogP contribution is 2.39. The van der Waals surface area contributed by atoms with E-state index in [0.29, 0.717) is 0 Å². The summed E-state index contributed by atoms with van der Waals surface area (Å²) in [4.78, 5) is 3.73. The van der Waals surface area contributed by atoms with Crippen LogP contribution in [0.15, 0.2) is 0 Å². The SMILES string of the molecule is Cc1c(C)c(C)c2c([nH]c3c(C)c(C)c(C)c(C)c32)c1C. The molecule has 1 aromatic heterocycles. The van der Waals surface area contributed by atoms with E-state index in [1.807, 2.05) is 0 Å². The number of hydrogen-bond acceptors (Lipinski definition) is 0. The van der Waals surface area contributed by atoms with Crippen LogP contribution in [0.1, 0.15) is 44.5 Å². The lowest BCUT2D eigenvalue weighted by atomic mass is 9.90. The molecular formula is C20H25N. The first kappa shape index (κ1) is 14.2. The molecule has 21 heavy (non-hydrogen) atoms. The van der Waals surface area contributed by atoms with E-state index in [-0.39, 0.29) is 0 Å². The Kier molecular flexibility index (Phi) is 2.95. The van der Waals surface area contributed by atoms with Gasteiger partial charge in [0.15, 0.2) is 0 Å². The predicted octanol–water partition coefficient (Wildman–Crippen LogP) is 5.79. The zero-order valence-corrected chi connectivity index (χ0v) is 14.5. The normalized spacial score (nSPS) is 11.8. The standard InChI is InChI=1S/C20H25N/c1-9-11(3)15(7)19-17(13(9)5)18-14(6)10(2)12(4)16(8)20(18)21-19/h21H,1-8H3. The van der Waals surface area contributed by atoms with Gasteiger partial charge in [0.2, 0.25) is 0 Å². The van der Waals surface area contributed by atoms with Gasteiger partial charge >= 0.3 is 0 Å². The fourth-order valence-electron chi connectivity index (χ4n) is 3.69. The van der Waals surface area contributed by atoms with E-state index in [1.54, 1.807) is 0 Å². The Labute approximate surface area is 127 Å². The largest absolute Gasteiger partial charge is 0.354 e. The average molecular weight is 279 g/mol. The summed E-state index contributed by atoms with van der Waals surface area (Å²) in [5, 5.41) is 2.85. The number of rotatable bonds is 0. The van der Waals surface area contributed by atoms with Gasteiger partial charge < -0.3 is 4.98 Å². The first-order valence-corrected chi connectivity index (χ1v) is 7.75. The van der Waals surface area contributed by atoms with Crippen molar-refractivity contribution in [2.24, 2.45) is 0 Å². The Bertz CT molecular complexity index is 833. The van der Waals surface area contributed by atoms with Gasteiger partial charge in [-0.25, -0.2) is 0 Å². The number of nitrogens with one attached hydrogen (secondary N) is 1. The number of hydrogen-bond donors (Lipinski definition) is 1. The van der Waals surface area contributed by atoms with Crippen LogP contribution < -0.4 is 0 Å². The number of aromatic amines is 1. The van der Waals surface area contributed by atoms with Crippen LogP contribution in [-0.2, 0) is 0 Å². The van der Waals surface area contributed by atoms with E-state index in [0.717, 1.165) is 0 Å². The van der Waals surface area contributed by atoms with Crippen molar-refractivity contribution in [3.63, 3.8) is 0 Å². The van der Waals surface area contributed by atoms with Crippen molar-refractivity contribution in [3.8, 4) is 0 Å². The molecule has 0 saturated heterocycles. The lowest BCUT2D eigenvalue weighted by molar-refractivity contribution is 1.24. The molecule has 0 unspecified atom stereocenters. The molecule has 1 N–H and O–H groups in total. The summed E-state index contributed by atoms with van der Waals surface area (Å²) in [6, 6.07) is 0. The van der Waals surface area contributed by atoms with E-state index in [4.69, 9.17) is 0 Å². The summed E-state index contributed by atoms with van der Waals surface area (Å²) in [7, 11) is 0. The van der Waals surface area contributed by atoms with E-state index in [1.165, 1.54) is 66.3 Å². The molecule has 0 spiro atoms. The third-order valence-electron chi connectivity index (χ3n) is 5.88. The Morgan fingerprint density at radius 1 is 0.381 bits per heavy atom. The van der Waals surface area contributed by atoms with Gasteiger partial charge in [-0.3, -0.25) is 0 Å². The highest BCUT2D eigenvalue weighted by atomic mass is 14.7. The van der Waals surface area contributed by atoms with Crippen LogP contribution in [0.25, 0.3) is 21.8 Å². The van der Waals surface area contributed by atoms with Crippen LogP contribution in [0.3, 0.4) is 0 Å². The molecule has 2 aromatic carbocycles. The molecule has 0 aliphatic heterocycles. The summed E-state index contributed by atoms with van der Waals surface area (Å²) in [6.07, 6.45) is 0. The van der Waals surface area contributed by atoms with Gasteiger partial charge in [-0.15, -0.1) is 0 Å². The molecule has 110 valence electrons. The number of benzene rings is 2. The number of fused-ring (bicyclic) bond motifs is 3. The molecule has 0 radical (unpaired) electrons. The lowest BCUT2D eigenvalue weighted by Crippen LogP contribution is -1.94. The second-order valence-corrected chi connectivity index (χ2v) is 6.62. The monoisotopic (exact) mass is 279 g/mol. The van der Waals surface area contributed by atoms with E-state index >= 15 is 0 Å². The highest BCUT2D eigenvalue weighted by molar-refractivity contribution is 6.13. The van der Waals surface area contributed by atoms with Crippen molar-refractivity contribution in [2.75, 3.05) is 0 Å². The zero-order chi connectivity index (χ0) is 15.6. The smallest absolute Gasteiger partial charge is 0.0500 e. The molecule has 0 fully saturated rings. The summed E-state index contributed by atoms with van der Waals surface area (Å²) in [5.74, 6) is 0. The molecule has 3 rings (SSSR count). The Hall–Kier alpha value is -1.76. The highest BCUT2D eigenvalue weighted by Gasteiger charge is 2.18. The number of aryl methyl sites for hydroxylation is 4. The summed E-state index contributed by atoms with van der Waals surface area (Å²) in [6.45, 7) is 18.0. The lowest BCUT2D eigenvalue weighted by Gasteiger charge is -2.13. The maximum atomic E-state index is 3.73. The third kappa shape index (κ3) is 1.64. The summed E-state index contributed by atoms with van der Waals surface area (Å²) >= 11 is 0. The van der Waals surface area contributed by atoms with Crippen molar-refractivity contribution in [2.45, 2.75) is 55.4 Å². The second kappa shape index (κ2) is 4.37. The fourth-order valence-corrected chi connectivity index (χ4v) is 3.69. The molecule has 0 saturated carbocycles. The third-order valence-corrected chi connectivity index (χ3v) is 5.88. The zero-order valence-electron chi connectivity index (χ0n) is 14.5. The summed E-state index contributed by atoms with van der Waals surface area (Å²) in [5.41, 5.74) is 13.9. The van der Waals surface area contributed by atoms with Gasteiger partial charge in [0.25, 0.3) is 0 Å². The Morgan fingerprint density at radius 2 is 0.667 bits per heavy atom.